The van der Waals surface area contributed by atoms with Gasteiger partial charge in [0, 0.05) is 5.54 Å². The van der Waals surface area contributed by atoms with Gasteiger partial charge in [-0.2, -0.15) is 4.68 Å². The summed E-state index contributed by atoms with van der Waals surface area (Å²) in [4.78, 5) is 23.4. The second kappa shape index (κ2) is 7.23. The second-order valence-electron chi connectivity index (χ2n) is 5.75. The van der Waals surface area contributed by atoms with Crippen LogP contribution in [0.3, 0.4) is 0 Å². The summed E-state index contributed by atoms with van der Waals surface area (Å²) < 4.78 is 1.53. The van der Waals surface area contributed by atoms with Crippen LogP contribution in [0.4, 0.5) is 4.79 Å². The number of thioether (sulfide) groups is 1. The SMILES string of the molecule is CC(C)(C)NC(=O)NC(=O)CSc1nnnn1-c1ccccc1. The lowest BCUT2D eigenvalue weighted by Gasteiger charge is -2.20. The molecule has 0 saturated heterocycles. The molecule has 1 aromatic heterocycles. The molecular weight excluding hydrogens is 316 g/mol. The van der Waals surface area contributed by atoms with E-state index in [1.54, 1.807) is 0 Å². The van der Waals surface area contributed by atoms with Gasteiger partial charge in [-0.1, -0.05) is 30.0 Å². The van der Waals surface area contributed by atoms with Crippen LogP contribution >= 0.6 is 11.8 Å². The summed E-state index contributed by atoms with van der Waals surface area (Å²) in [7, 11) is 0. The molecule has 1 heterocycles. The Bertz CT molecular complexity index is 680. The van der Waals surface area contributed by atoms with Crippen molar-refractivity contribution in [3.63, 3.8) is 0 Å². The fourth-order valence-corrected chi connectivity index (χ4v) is 2.36. The van der Waals surface area contributed by atoms with Crippen LogP contribution in [-0.2, 0) is 4.79 Å². The smallest absolute Gasteiger partial charge is 0.321 e. The Hall–Kier alpha value is -2.42. The lowest BCUT2D eigenvalue weighted by molar-refractivity contribution is -0.117. The zero-order valence-corrected chi connectivity index (χ0v) is 13.9. The molecule has 0 aliphatic carbocycles. The largest absolute Gasteiger partial charge is 0.333 e. The number of hydrogen-bond acceptors (Lipinski definition) is 6. The standard InChI is InChI=1S/C14H18N6O2S/c1-14(2,3)16-12(22)15-11(21)9-23-13-17-18-19-20(13)10-7-5-4-6-8-10/h4-8H,9H2,1-3H3,(H2,15,16,21,22). The van der Waals surface area contributed by atoms with Crippen LogP contribution in [0.1, 0.15) is 20.8 Å². The second-order valence-corrected chi connectivity index (χ2v) is 6.69. The molecule has 0 atom stereocenters. The van der Waals surface area contributed by atoms with Crippen molar-refractivity contribution in [2.75, 3.05) is 5.75 Å². The molecule has 0 spiro atoms. The summed E-state index contributed by atoms with van der Waals surface area (Å²) >= 11 is 1.15. The fraction of sp³-hybridized carbons (Fsp3) is 0.357. The summed E-state index contributed by atoms with van der Waals surface area (Å²) in [6.45, 7) is 5.50. The van der Waals surface area contributed by atoms with Crippen LogP contribution in [0, 0.1) is 0 Å². The number of benzene rings is 1. The van der Waals surface area contributed by atoms with Crippen molar-refractivity contribution in [1.82, 2.24) is 30.8 Å². The first-order valence-electron chi connectivity index (χ1n) is 6.94. The average Bonchev–Trinajstić information content (AvgIpc) is 2.92. The summed E-state index contributed by atoms with van der Waals surface area (Å²) in [6, 6.07) is 8.83. The van der Waals surface area contributed by atoms with Crippen molar-refractivity contribution in [3.8, 4) is 5.69 Å². The van der Waals surface area contributed by atoms with Crippen LogP contribution in [0.5, 0.6) is 0 Å². The van der Waals surface area contributed by atoms with Crippen LogP contribution in [0.15, 0.2) is 35.5 Å². The molecule has 0 aliphatic rings. The number of nitrogens with one attached hydrogen (secondary N) is 2. The van der Waals surface area contributed by atoms with Gasteiger partial charge in [0.2, 0.25) is 11.1 Å². The zero-order valence-electron chi connectivity index (χ0n) is 13.1. The number of hydrogen-bond donors (Lipinski definition) is 2. The third-order valence-corrected chi connectivity index (χ3v) is 3.43. The van der Waals surface area contributed by atoms with Gasteiger partial charge in [-0.25, -0.2) is 4.79 Å². The predicted molar refractivity (Wildman–Crippen MR) is 86.3 cm³/mol. The summed E-state index contributed by atoms with van der Waals surface area (Å²) in [5.74, 6) is -0.385. The minimum Gasteiger partial charge on any atom is -0.333 e. The molecule has 2 aromatic rings. The van der Waals surface area contributed by atoms with E-state index in [9.17, 15) is 9.59 Å². The molecule has 0 fully saturated rings. The van der Waals surface area contributed by atoms with Crippen molar-refractivity contribution in [2.45, 2.75) is 31.5 Å². The number of carbonyl (C=O) groups is 2. The van der Waals surface area contributed by atoms with Crippen LogP contribution in [0.25, 0.3) is 5.69 Å². The maximum Gasteiger partial charge on any atom is 0.321 e. The Morgan fingerprint density at radius 1 is 1.22 bits per heavy atom. The van der Waals surface area contributed by atoms with Gasteiger partial charge >= 0.3 is 6.03 Å². The minimum absolute atomic E-state index is 0.0325. The van der Waals surface area contributed by atoms with E-state index in [0.29, 0.717) is 5.16 Å². The molecule has 9 heteroatoms. The van der Waals surface area contributed by atoms with Gasteiger partial charge < -0.3 is 5.32 Å². The molecule has 8 nitrogen and oxygen atoms in total. The van der Waals surface area contributed by atoms with Gasteiger partial charge in [-0.3, -0.25) is 10.1 Å². The van der Waals surface area contributed by atoms with E-state index in [-0.39, 0.29) is 5.75 Å². The quantitative estimate of drug-likeness (QED) is 0.819. The third-order valence-electron chi connectivity index (χ3n) is 2.52. The highest BCUT2D eigenvalue weighted by Crippen LogP contribution is 2.17. The Morgan fingerprint density at radius 2 is 1.91 bits per heavy atom. The Morgan fingerprint density at radius 3 is 2.57 bits per heavy atom. The Labute approximate surface area is 138 Å². The number of tetrazole rings is 1. The third kappa shape index (κ3) is 5.37. The molecule has 122 valence electrons. The van der Waals surface area contributed by atoms with E-state index in [2.05, 4.69) is 26.2 Å². The van der Waals surface area contributed by atoms with E-state index in [4.69, 9.17) is 0 Å². The Kier molecular flexibility index (Phi) is 5.32. The highest BCUT2D eigenvalue weighted by atomic mass is 32.2. The number of carbonyl (C=O) groups excluding carboxylic acids is 2. The number of imide groups is 1. The highest BCUT2D eigenvalue weighted by Gasteiger charge is 2.17. The molecule has 23 heavy (non-hydrogen) atoms. The topological polar surface area (TPSA) is 102 Å². The molecule has 2 rings (SSSR count). The van der Waals surface area contributed by atoms with Gasteiger partial charge in [0.25, 0.3) is 0 Å². The van der Waals surface area contributed by atoms with Crippen LogP contribution in [-0.4, -0.2) is 43.4 Å². The van der Waals surface area contributed by atoms with Gasteiger partial charge in [-0.15, -0.1) is 5.10 Å². The number of aromatic nitrogens is 4. The molecule has 0 aliphatic heterocycles. The predicted octanol–water partition coefficient (Wildman–Crippen LogP) is 1.38. The molecule has 1 aromatic carbocycles. The maximum atomic E-state index is 11.8. The maximum absolute atomic E-state index is 11.8. The first-order chi connectivity index (χ1) is 10.8. The number of urea groups is 1. The first kappa shape index (κ1) is 16.9. The fourth-order valence-electron chi connectivity index (χ4n) is 1.66. The van der Waals surface area contributed by atoms with Crippen molar-refractivity contribution < 1.29 is 9.59 Å². The summed E-state index contributed by atoms with van der Waals surface area (Å²) in [5.41, 5.74) is 0.389. The molecule has 3 amide bonds. The van der Waals surface area contributed by atoms with Crippen molar-refractivity contribution in [2.24, 2.45) is 0 Å². The minimum atomic E-state index is -0.522. The number of rotatable bonds is 4. The average molecular weight is 334 g/mol. The van der Waals surface area contributed by atoms with E-state index >= 15 is 0 Å². The van der Waals surface area contributed by atoms with E-state index in [1.807, 2.05) is 51.1 Å². The molecule has 0 bridgehead atoms. The van der Waals surface area contributed by atoms with Crippen LogP contribution in [0.2, 0.25) is 0 Å². The molecular formula is C14H18N6O2S. The monoisotopic (exact) mass is 334 g/mol. The molecule has 2 N–H and O–H groups in total. The molecule has 0 radical (unpaired) electrons. The summed E-state index contributed by atoms with van der Waals surface area (Å²) in [6.07, 6.45) is 0. The number of nitrogens with zero attached hydrogens (tertiary/aromatic N) is 4. The van der Waals surface area contributed by atoms with Crippen molar-refractivity contribution in [3.05, 3.63) is 30.3 Å². The van der Waals surface area contributed by atoms with E-state index in [1.165, 1.54) is 4.68 Å². The number of para-hydroxylation sites is 1. The molecule has 0 unspecified atom stereocenters. The summed E-state index contributed by atoms with van der Waals surface area (Å²) in [5, 5.41) is 16.8. The van der Waals surface area contributed by atoms with Gasteiger partial charge in [0.1, 0.15) is 0 Å². The first-order valence-corrected chi connectivity index (χ1v) is 7.92. The van der Waals surface area contributed by atoms with E-state index in [0.717, 1.165) is 17.4 Å². The van der Waals surface area contributed by atoms with Gasteiger partial charge in [0.05, 0.1) is 11.4 Å². The molecule has 0 saturated carbocycles. The lowest BCUT2D eigenvalue weighted by atomic mass is 10.1. The zero-order chi connectivity index (χ0) is 16.9. The Balaban J connectivity index is 1.91. The van der Waals surface area contributed by atoms with Gasteiger partial charge in [0.15, 0.2) is 0 Å². The van der Waals surface area contributed by atoms with Crippen molar-refractivity contribution >= 4 is 23.7 Å². The van der Waals surface area contributed by atoms with Crippen molar-refractivity contribution in [1.29, 1.82) is 0 Å². The van der Waals surface area contributed by atoms with Crippen LogP contribution < -0.4 is 10.6 Å². The number of amides is 3. The highest BCUT2D eigenvalue weighted by molar-refractivity contribution is 7.99. The lowest BCUT2D eigenvalue weighted by Crippen LogP contribution is -2.48. The normalized spacial score (nSPS) is 11.1. The van der Waals surface area contributed by atoms with Gasteiger partial charge in [-0.05, 0) is 43.3 Å². The van der Waals surface area contributed by atoms with E-state index < -0.39 is 17.5 Å².